The third kappa shape index (κ3) is 5.04. The highest BCUT2D eigenvalue weighted by molar-refractivity contribution is 5.97. The molecule has 4 rings (SSSR count). The number of aromatic nitrogens is 2. The maximum atomic E-state index is 13.6. The van der Waals surface area contributed by atoms with E-state index in [9.17, 15) is 9.59 Å². The Morgan fingerprint density at radius 1 is 0.943 bits per heavy atom. The van der Waals surface area contributed by atoms with E-state index in [2.05, 4.69) is 5.32 Å². The standard InChI is InChI=1S/C28H30N4O3/c1-19(2)32(21-12-6-5-7-13-21)26(33)18-31-24-16-10-9-15-23(24)30-27(31)20(3)29-28(34)22-14-8-11-17-25(22)35-4/h5-17,19-20H,18H2,1-4H3,(H,29,34). The van der Waals surface area contributed by atoms with Gasteiger partial charge < -0.3 is 19.5 Å². The maximum absolute atomic E-state index is 13.6. The van der Waals surface area contributed by atoms with Crippen molar-refractivity contribution in [2.75, 3.05) is 12.0 Å². The summed E-state index contributed by atoms with van der Waals surface area (Å²) in [6.07, 6.45) is 0. The number of nitrogens with one attached hydrogen (secondary N) is 1. The van der Waals surface area contributed by atoms with Gasteiger partial charge in [0.1, 0.15) is 18.1 Å². The fourth-order valence-electron chi connectivity index (χ4n) is 4.29. The highest BCUT2D eigenvalue weighted by atomic mass is 16.5. The minimum absolute atomic E-state index is 0.0224. The Kier molecular flexibility index (Phi) is 7.15. The van der Waals surface area contributed by atoms with Gasteiger partial charge in [-0.3, -0.25) is 9.59 Å². The fourth-order valence-corrected chi connectivity index (χ4v) is 4.29. The van der Waals surface area contributed by atoms with Crippen LogP contribution in [0.3, 0.4) is 0 Å². The number of nitrogens with zero attached hydrogens (tertiary/aromatic N) is 3. The number of fused-ring (bicyclic) bond motifs is 1. The minimum Gasteiger partial charge on any atom is -0.496 e. The number of rotatable bonds is 8. The summed E-state index contributed by atoms with van der Waals surface area (Å²) in [6.45, 7) is 5.95. The lowest BCUT2D eigenvalue weighted by atomic mass is 10.1. The van der Waals surface area contributed by atoms with Crippen LogP contribution in [0.1, 0.15) is 43.0 Å². The van der Waals surface area contributed by atoms with Crippen LogP contribution in [0.15, 0.2) is 78.9 Å². The normalized spacial score (nSPS) is 11.9. The van der Waals surface area contributed by atoms with E-state index >= 15 is 0 Å². The van der Waals surface area contributed by atoms with E-state index < -0.39 is 6.04 Å². The molecule has 1 aromatic heterocycles. The highest BCUT2D eigenvalue weighted by Gasteiger charge is 2.25. The van der Waals surface area contributed by atoms with Gasteiger partial charge >= 0.3 is 0 Å². The third-order valence-corrected chi connectivity index (χ3v) is 5.88. The summed E-state index contributed by atoms with van der Waals surface area (Å²) < 4.78 is 7.23. The summed E-state index contributed by atoms with van der Waals surface area (Å²) in [6, 6.07) is 23.9. The molecular weight excluding hydrogens is 440 g/mol. The van der Waals surface area contributed by atoms with Crippen molar-refractivity contribution in [3.05, 3.63) is 90.3 Å². The quantitative estimate of drug-likeness (QED) is 0.394. The Morgan fingerprint density at radius 2 is 1.60 bits per heavy atom. The summed E-state index contributed by atoms with van der Waals surface area (Å²) >= 11 is 0. The first-order valence-electron chi connectivity index (χ1n) is 11.7. The molecule has 180 valence electrons. The highest BCUT2D eigenvalue weighted by Crippen LogP contribution is 2.24. The molecule has 4 aromatic rings. The number of anilines is 1. The molecule has 0 fully saturated rings. The number of amides is 2. The number of benzene rings is 3. The van der Waals surface area contributed by atoms with Gasteiger partial charge in [0.25, 0.3) is 5.91 Å². The average Bonchev–Trinajstić information content (AvgIpc) is 3.23. The summed E-state index contributed by atoms with van der Waals surface area (Å²) in [4.78, 5) is 33.2. The van der Waals surface area contributed by atoms with Gasteiger partial charge in [0.2, 0.25) is 5.91 Å². The molecule has 0 spiro atoms. The van der Waals surface area contributed by atoms with E-state index in [-0.39, 0.29) is 24.4 Å². The number of carbonyl (C=O) groups is 2. The van der Waals surface area contributed by atoms with Crippen molar-refractivity contribution in [3.63, 3.8) is 0 Å². The zero-order chi connectivity index (χ0) is 24.9. The lowest BCUT2D eigenvalue weighted by Crippen LogP contribution is -2.40. The molecule has 7 heteroatoms. The van der Waals surface area contributed by atoms with E-state index in [1.54, 1.807) is 23.1 Å². The molecule has 7 nitrogen and oxygen atoms in total. The molecule has 3 aromatic carbocycles. The van der Waals surface area contributed by atoms with Crippen molar-refractivity contribution in [3.8, 4) is 5.75 Å². The minimum atomic E-state index is -0.447. The zero-order valence-electron chi connectivity index (χ0n) is 20.4. The van der Waals surface area contributed by atoms with Crippen LogP contribution in [-0.2, 0) is 11.3 Å². The molecule has 1 atom stereocenters. The zero-order valence-corrected chi connectivity index (χ0v) is 20.4. The predicted octanol–water partition coefficient (Wildman–Crippen LogP) is 4.98. The van der Waals surface area contributed by atoms with Crippen LogP contribution < -0.4 is 15.0 Å². The molecule has 0 saturated heterocycles. The fraction of sp³-hybridized carbons (Fsp3) is 0.250. The lowest BCUT2D eigenvalue weighted by Gasteiger charge is -2.28. The van der Waals surface area contributed by atoms with Gasteiger partial charge in [-0.15, -0.1) is 0 Å². The van der Waals surface area contributed by atoms with Crippen molar-refractivity contribution in [2.24, 2.45) is 0 Å². The van der Waals surface area contributed by atoms with Crippen LogP contribution in [-0.4, -0.2) is 34.5 Å². The second-order valence-corrected chi connectivity index (χ2v) is 8.63. The lowest BCUT2D eigenvalue weighted by molar-refractivity contribution is -0.119. The van der Waals surface area contributed by atoms with Gasteiger partial charge in [0, 0.05) is 11.7 Å². The molecule has 1 heterocycles. The van der Waals surface area contributed by atoms with Gasteiger partial charge in [-0.1, -0.05) is 42.5 Å². The first-order chi connectivity index (χ1) is 16.9. The monoisotopic (exact) mass is 470 g/mol. The van der Waals surface area contributed by atoms with Crippen molar-refractivity contribution in [1.29, 1.82) is 0 Å². The topological polar surface area (TPSA) is 76.5 Å². The number of hydrogen-bond donors (Lipinski definition) is 1. The van der Waals surface area contributed by atoms with Gasteiger partial charge in [0.05, 0.1) is 29.7 Å². The first kappa shape index (κ1) is 24.0. The van der Waals surface area contributed by atoms with Crippen LogP contribution >= 0.6 is 0 Å². The second kappa shape index (κ2) is 10.4. The van der Waals surface area contributed by atoms with Crippen molar-refractivity contribution >= 4 is 28.5 Å². The maximum Gasteiger partial charge on any atom is 0.255 e. The summed E-state index contributed by atoms with van der Waals surface area (Å²) in [7, 11) is 1.54. The van der Waals surface area contributed by atoms with Crippen LogP contribution in [0.25, 0.3) is 11.0 Å². The molecular formula is C28H30N4O3. The number of imidazole rings is 1. The third-order valence-electron chi connectivity index (χ3n) is 5.88. The van der Waals surface area contributed by atoms with E-state index in [4.69, 9.17) is 9.72 Å². The SMILES string of the molecule is COc1ccccc1C(=O)NC(C)c1nc2ccccc2n1CC(=O)N(c1ccccc1)C(C)C. The Bertz CT molecular complexity index is 1330. The number of para-hydroxylation sites is 4. The Balaban J connectivity index is 1.66. The summed E-state index contributed by atoms with van der Waals surface area (Å²) in [5, 5.41) is 3.02. The summed E-state index contributed by atoms with van der Waals surface area (Å²) in [5.74, 6) is 0.780. The molecule has 0 radical (unpaired) electrons. The first-order valence-corrected chi connectivity index (χ1v) is 11.7. The smallest absolute Gasteiger partial charge is 0.255 e. The average molecular weight is 471 g/mol. The van der Waals surface area contributed by atoms with E-state index in [0.29, 0.717) is 17.1 Å². The number of hydrogen-bond acceptors (Lipinski definition) is 4. The Morgan fingerprint density at radius 3 is 2.31 bits per heavy atom. The molecule has 0 aliphatic rings. The number of methoxy groups -OCH3 is 1. The van der Waals surface area contributed by atoms with Gasteiger partial charge in [0.15, 0.2) is 0 Å². The molecule has 0 bridgehead atoms. The van der Waals surface area contributed by atoms with E-state index in [0.717, 1.165) is 16.7 Å². The number of ether oxygens (including phenoxy) is 1. The molecule has 1 N–H and O–H groups in total. The molecule has 0 aliphatic heterocycles. The van der Waals surface area contributed by atoms with Crippen LogP contribution in [0, 0.1) is 0 Å². The second-order valence-electron chi connectivity index (χ2n) is 8.63. The predicted molar refractivity (Wildman–Crippen MR) is 138 cm³/mol. The van der Waals surface area contributed by atoms with Crippen LogP contribution in [0.5, 0.6) is 5.75 Å². The largest absolute Gasteiger partial charge is 0.496 e. The number of carbonyl (C=O) groups excluding carboxylic acids is 2. The molecule has 0 saturated carbocycles. The van der Waals surface area contributed by atoms with Gasteiger partial charge in [-0.2, -0.15) is 0 Å². The molecule has 0 aliphatic carbocycles. The van der Waals surface area contributed by atoms with Crippen LogP contribution in [0.4, 0.5) is 5.69 Å². The van der Waals surface area contributed by atoms with Gasteiger partial charge in [-0.05, 0) is 57.2 Å². The van der Waals surface area contributed by atoms with Crippen molar-refractivity contribution < 1.29 is 14.3 Å². The Hall–Kier alpha value is -4.13. The summed E-state index contributed by atoms with van der Waals surface area (Å²) in [5.41, 5.74) is 2.89. The van der Waals surface area contributed by atoms with Crippen LogP contribution in [0.2, 0.25) is 0 Å². The molecule has 35 heavy (non-hydrogen) atoms. The Labute approximate surface area is 205 Å². The van der Waals surface area contributed by atoms with E-state index in [1.165, 1.54) is 7.11 Å². The van der Waals surface area contributed by atoms with Crippen molar-refractivity contribution in [1.82, 2.24) is 14.9 Å². The van der Waals surface area contributed by atoms with Crippen molar-refractivity contribution in [2.45, 2.75) is 39.4 Å². The van der Waals surface area contributed by atoms with Gasteiger partial charge in [-0.25, -0.2) is 4.98 Å². The molecule has 1 unspecified atom stereocenters. The van der Waals surface area contributed by atoms with E-state index in [1.807, 2.05) is 86.0 Å². The molecule has 2 amide bonds.